The topological polar surface area (TPSA) is 70.6 Å². The minimum absolute atomic E-state index is 0. The summed E-state index contributed by atoms with van der Waals surface area (Å²) in [7, 11) is -3.82. The number of benzene rings is 2. The lowest BCUT2D eigenvalue weighted by Crippen LogP contribution is -2.39. The second-order valence-electron chi connectivity index (χ2n) is 6.05. The molecule has 1 atom stereocenters. The fourth-order valence-corrected chi connectivity index (χ4v) is 3.68. The Bertz CT molecular complexity index is 955. The Hall–Kier alpha value is -1.82. The lowest BCUT2D eigenvalue weighted by Gasteiger charge is -2.18. The van der Waals surface area contributed by atoms with Crippen LogP contribution in [0.2, 0.25) is 0 Å². The lowest BCUT2D eigenvalue weighted by molar-refractivity contribution is 0.504. The maximum atomic E-state index is 13.7. The van der Waals surface area contributed by atoms with Gasteiger partial charge >= 0.3 is 0 Å². The molecular formula is C19H23F3IN3O2S. The molecule has 0 aliphatic rings. The van der Waals surface area contributed by atoms with Crippen LogP contribution in [-0.2, 0) is 9.84 Å². The molecular weight excluding hydrogens is 518 g/mol. The summed E-state index contributed by atoms with van der Waals surface area (Å²) in [6, 6.07) is 8.33. The van der Waals surface area contributed by atoms with Gasteiger partial charge in [0.2, 0.25) is 0 Å². The molecule has 2 aromatic carbocycles. The van der Waals surface area contributed by atoms with E-state index in [1.54, 1.807) is 6.92 Å². The quantitative estimate of drug-likeness (QED) is 0.318. The fraction of sp³-hybridized carbons (Fsp3) is 0.316. The van der Waals surface area contributed by atoms with Gasteiger partial charge in [-0.15, -0.1) is 24.0 Å². The summed E-state index contributed by atoms with van der Waals surface area (Å²) in [4.78, 5) is 3.82. The van der Waals surface area contributed by atoms with Crippen molar-refractivity contribution in [1.29, 1.82) is 0 Å². The summed E-state index contributed by atoms with van der Waals surface area (Å²) >= 11 is 0. The van der Waals surface area contributed by atoms with Crippen molar-refractivity contribution >= 4 is 39.8 Å². The highest BCUT2D eigenvalue weighted by Crippen LogP contribution is 2.16. The van der Waals surface area contributed by atoms with Gasteiger partial charge in [0.15, 0.2) is 27.4 Å². The van der Waals surface area contributed by atoms with Gasteiger partial charge in [0.25, 0.3) is 0 Å². The molecule has 0 bridgehead atoms. The van der Waals surface area contributed by atoms with E-state index >= 15 is 0 Å². The van der Waals surface area contributed by atoms with Gasteiger partial charge in [-0.3, -0.25) is 4.99 Å². The number of sulfone groups is 1. The van der Waals surface area contributed by atoms with E-state index < -0.39 is 33.3 Å². The van der Waals surface area contributed by atoms with E-state index in [1.807, 2.05) is 6.92 Å². The van der Waals surface area contributed by atoms with E-state index in [0.29, 0.717) is 18.1 Å². The lowest BCUT2D eigenvalue weighted by atomic mass is 10.1. The minimum Gasteiger partial charge on any atom is -0.357 e. The number of rotatable bonds is 7. The predicted octanol–water partition coefficient (Wildman–Crippen LogP) is 3.81. The molecule has 5 nitrogen and oxygen atoms in total. The number of guanidine groups is 1. The van der Waals surface area contributed by atoms with Crippen molar-refractivity contribution in [2.24, 2.45) is 4.99 Å². The van der Waals surface area contributed by atoms with E-state index in [0.717, 1.165) is 18.2 Å². The Morgan fingerprint density at radius 2 is 1.76 bits per heavy atom. The normalized spacial score (nSPS) is 12.8. The standard InChI is InChI=1S/C19H22F3N3O2S.HI/c1-3-23-19(25-13(2)14-8-9-15(20)17(22)12-14)24-10-11-28(26,27)18-7-5-4-6-16(18)21;/h4-9,12-13H,3,10-11H2,1-2H3,(H2,23,24,25);1H. The first-order valence-corrected chi connectivity index (χ1v) is 10.4. The zero-order chi connectivity index (χ0) is 20.7. The molecule has 0 radical (unpaired) electrons. The summed E-state index contributed by atoms with van der Waals surface area (Å²) in [6.07, 6.45) is 0. The van der Waals surface area contributed by atoms with Crippen LogP contribution in [0.1, 0.15) is 25.5 Å². The Balaban J connectivity index is 0.00000420. The third kappa shape index (κ3) is 7.18. The Kier molecular flexibility index (Phi) is 9.90. The molecule has 0 fully saturated rings. The first kappa shape index (κ1) is 25.2. The number of nitrogens with one attached hydrogen (secondary N) is 2. The van der Waals surface area contributed by atoms with Crippen LogP contribution in [0, 0.1) is 17.5 Å². The average molecular weight is 541 g/mol. The van der Waals surface area contributed by atoms with Crippen LogP contribution in [0.3, 0.4) is 0 Å². The van der Waals surface area contributed by atoms with Gasteiger partial charge in [0.05, 0.1) is 18.3 Å². The van der Waals surface area contributed by atoms with Crippen LogP contribution in [0.25, 0.3) is 0 Å². The molecule has 0 spiro atoms. The van der Waals surface area contributed by atoms with Crippen molar-refractivity contribution < 1.29 is 21.6 Å². The van der Waals surface area contributed by atoms with Crippen LogP contribution in [0.4, 0.5) is 13.2 Å². The molecule has 29 heavy (non-hydrogen) atoms. The molecule has 0 saturated carbocycles. The SMILES string of the molecule is CCNC(=NCCS(=O)(=O)c1ccccc1F)NC(C)c1ccc(F)c(F)c1.I. The van der Waals surface area contributed by atoms with E-state index in [9.17, 15) is 21.6 Å². The van der Waals surface area contributed by atoms with E-state index in [4.69, 9.17) is 0 Å². The molecule has 10 heteroatoms. The second-order valence-corrected chi connectivity index (χ2v) is 8.13. The number of nitrogens with zero attached hydrogens (tertiary/aromatic N) is 1. The van der Waals surface area contributed by atoms with Crippen LogP contribution in [0.5, 0.6) is 0 Å². The van der Waals surface area contributed by atoms with Crippen molar-refractivity contribution in [3.63, 3.8) is 0 Å². The van der Waals surface area contributed by atoms with Gasteiger partial charge < -0.3 is 10.6 Å². The van der Waals surface area contributed by atoms with Crippen LogP contribution < -0.4 is 10.6 Å². The molecule has 0 amide bonds. The summed E-state index contributed by atoms with van der Waals surface area (Å²) in [6.45, 7) is 3.97. The van der Waals surface area contributed by atoms with Gasteiger partial charge in [-0.25, -0.2) is 21.6 Å². The molecule has 0 heterocycles. The van der Waals surface area contributed by atoms with Crippen LogP contribution >= 0.6 is 24.0 Å². The van der Waals surface area contributed by atoms with E-state index in [-0.39, 0.29) is 41.2 Å². The third-order valence-corrected chi connectivity index (χ3v) is 5.66. The Morgan fingerprint density at radius 3 is 2.38 bits per heavy atom. The zero-order valence-corrected chi connectivity index (χ0v) is 19.1. The average Bonchev–Trinajstić information content (AvgIpc) is 2.64. The summed E-state index contributed by atoms with van der Waals surface area (Å²) in [5, 5.41) is 5.95. The largest absolute Gasteiger partial charge is 0.357 e. The van der Waals surface area contributed by atoms with E-state index in [1.165, 1.54) is 24.3 Å². The molecule has 1 unspecified atom stereocenters. The monoisotopic (exact) mass is 541 g/mol. The highest BCUT2D eigenvalue weighted by molar-refractivity contribution is 14.0. The highest BCUT2D eigenvalue weighted by Gasteiger charge is 2.18. The first-order valence-electron chi connectivity index (χ1n) is 8.71. The van der Waals surface area contributed by atoms with Crippen molar-refractivity contribution in [2.45, 2.75) is 24.8 Å². The predicted molar refractivity (Wildman–Crippen MR) is 118 cm³/mol. The fourth-order valence-electron chi connectivity index (χ4n) is 2.47. The van der Waals surface area contributed by atoms with Gasteiger partial charge in [-0.05, 0) is 43.7 Å². The highest BCUT2D eigenvalue weighted by atomic mass is 127. The molecule has 2 N–H and O–H groups in total. The smallest absolute Gasteiger partial charge is 0.191 e. The Labute approximate surface area is 185 Å². The van der Waals surface area contributed by atoms with Crippen molar-refractivity contribution in [2.75, 3.05) is 18.8 Å². The van der Waals surface area contributed by atoms with Gasteiger partial charge in [-0.1, -0.05) is 18.2 Å². The molecule has 0 saturated heterocycles. The van der Waals surface area contributed by atoms with Crippen molar-refractivity contribution in [3.8, 4) is 0 Å². The summed E-state index contributed by atoms with van der Waals surface area (Å²) in [5.41, 5.74) is 0.503. The molecule has 160 valence electrons. The number of hydrogen-bond donors (Lipinski definition) is 2. The van der Waals surface area contributed by atoms with Crippen LogP contribution in [-0.4, -0.2) is 33.2 Å². The van der Waals surface area contributed by atoms with Gasteiger partial charge in [-0.2, -0.15) is 0 Å². The third-order valence-electron chi connectivity index (χ3n) is 3.94. The van der Waals surface area contributed by atoms with E-state index in [2.05, 4.69) is 15.6 Å². The second kappa shape index (κ2) is 11.4. The summed E-state index contributed by atoms with van der Waals surface area (Å²) < 4.78 is 64.8. The van der Waals surface area contributed by atoms with Crippen molar-refractivity contribution in [1.82, 2.24) is 10.6 Å². The van der Waals surface area contributed by atoms with Crippen molar-refractivity contribution in [3.05, 3.63) is 65.5 Å². The molecule has 0 aliphatic heterocycles. The number of hydrogen-bond acceptors (Lipinski definition) is 3. The maximum absolute atomic E-state index is 13.7. The molecule has 0 aliphatic carbocycles. The molecule has 0 aromatic heterocycles. The first-order chi connectivity index (χ1) is 13.2. The van der Waals surface area contributed by atoms with Crippen LogP contribution in [0.15, 0.2) is 52.4 Å². The summed E-state index contributed by atoms with van der Waals surface area (Å²) in [5.74, 6) is -2.75. The minimum atomic E-state index is -3.82. The molecule has 2 aromatic rings. The zero-order valence-electron chi connectivity index (χ0n) is 16.0. The maximum Gasteiger partial charge on any atom is 0.191 e. The van der Waals surface area contributed by atoms with Gasteiger partial charge in [0.1, 0.15) is 10.7 Å². The van der Waals surface area contributed by atoms with Gasteiger partial charge in [0, 0.05) is 6.54 Å². The Morgan fingerprint density at radius 1 is 1.07 bits per heavy atom. The number of aliphatic imine (C=N–C) groups is 1. The molecule has 2 rings (SSSR count). The number of halogens is 4.